The fourth-order valence-electron chi connectivity index (χ4n) is 2.84. The third kappa shape index (κ3) is 3.87. The monoisotopic (exact) mass is 340 g/mol. The van der Waals surface area contributed by atoms with Crippen molar-refractivity contribution in [3.05, 3.63) is 35.2 Å². The van der Waals surface area contributed by atoms with E-state index in [0.717, 1.165) is 37.1 Å². The number of pyridine rings is 1. The van der Waals surface area contributed by atoms with E-state index >= 15 is 0 Å². The summed E-state index contributed by atoms with van der Waals surface area (Å²) in [6, 6.07) is 3.91. The van der Waals surface area contributed by atoms with Gasteiger partial charge in [-0.3, -0.25) is 14.7 Å². The molecule has 1 amide bonds. The van der Waals surface area contributed by atoms with Crippen LogP contribution < -0.4 is 16.0 Å². The number of aryl methyl sites for hydroxylation is 1. The number of nitrogens with one attached hydrogen (secondary N) is 1. The number of carbonyl (C=O) groups excluding carboxylic acids is 1. The van der Waals surface area contributed by atoms with E-state index in [9.17, 15) is 4.79 Å². The highest BCUT2D eigenvalue weighted by atomic mass is 16.2. The van der Waals surface area contributed by atoms with Crippen molar-refractivity contribution in [1.29, 1.82) is 0 Å². The minimum atomic E-state index is -0.0142. The molecule has 25 heavy (non-hydrogen) atoms. The van der Waals surface area contributed by atoms with Gasteiger partial charge in [0.15, 0.2) is 0 Å². The lowest BCUT2D eigenvalue weighted by Crippen LogP contribution is -2.27. The van der Waals surface area contributed by atoms with Gasteiger partial charge in [-0.15, -0.1) is 0 Å². The Balaban J connectivity index is 1.80. The van der Waals surface area contributed by atoms with Crippen LogP contribution in [-0.2, 0) is 17.8 Å². The first-order chi connectivity index (χ1) is 12.1. The lowest BCUT2D eigenvalue weighted by atomic mass is 10.2. The Labute approximate surface area is 147 Å². The standard InChI is InChI=1S/C18H24N6O/c1-3-4-5-8-20-18-22-16(19)14-9-15(25)24(17(14)23-18)11-13-7-6-12(2)21-10-13/h6-7,10H,3-5,8-9,11H2,1-2H3,(H3,19,20,22,23). The molecule has 2 aromatic heterocycles. The van der Waals surface area contributed by atoms with E-state index in [1.807, 2.05) is 19.1 Å². The maximum atomic E-state index is 12.4. The summed E-state index contributed by atoms with van der Waals surface area (Å²) in [6.45, 7) is 5.32. The Hall–Kier alpha value is -2.70. The molecule has 1 aliphatic rings. The fourth-order valence-corrected chi connectivity index (χ4v) is 2.84. The van der Waals surface area contributed by atoms with Crippen LogP contribution in [0.15, 0.2) is 18.3 Å². The second-order valence-electron chi connectivity index (χ2n) is 6.33. The first kappa shape index (κ1) is 17.1. The van der Waals surface area contributed by atoms with Crippen LogP contribution in [0.4, 0.5) is 17.6 Å². The molecule has 0 bridgehead atoms. The van der Waals surface area contributed by atoms with Gasteiger partial charge in [-0.2, -0.15) is 9.97 Å². The average molecular weight is 340 g/mol. The highest BCUT2D eigenvalue weighted by Gasteiger charge is 2.32. The SMILES string of the molecule is CCCCCNc1nc(N)c2c(n1)N(Cc1ccc(C)nc1)C(=O)C2. The molecule has 1 aliphatic heterocycles. The van der Waals surface area contributed by atoms with E-state index in [4.69, 9.17) is 5.73 Å². The van der Waals surface area contributed by atoms with Crippen molar-refractivity contribution >= 4 is 23.5 Å². The van der Waals surface area contributed by atoms with Crippen LogP contribution in [0.2, 0.25) is 0 Å². The summed E-state index contributed by atoms with van der Waals surface area (Å²) >= 11 is 0. The van der Waals surface area contributed by atoms with E-state index in [2.05, 4.69) is 27.2 Å². The van der Waals surface area contributed by atoms with Gasteiger partial charge < -0.3 is 11.1 Å². The molecule has 3 heterocycles. The third-order valence-electron chi connectivity index (χ3n) is 4.28. The number of anilines is 3. The van der Waals surface area contributed by atoms with Crippen LogP contribution in [0.5, 0.6) is 0 Å². The number of unbranched alkanes of at least 4 members (excludes halogenated alkanes) is 2. The first-order valence-electron chi connectivity index (χ1n) is 8.70. The zero-order valence-electron chi connectivity index (χ0n) is 14.7. The predicted molar refractivity (Wildman–Crippen MR) is 98.3 cm³/mol. The van der Waals surface area contributed by atoms with Crippen molar-refractivity contribution in [2.45, 2.75) is 46.1 Å². The number of carbonyl (C=O) groups is 1. The summed E-state index contributed by atoms with van der Waals surface area (Å²) in [5.74, 6) is 1.45. The zero-order chi connectivity index (χ0) is 17.8. The van der Waals surface area contributed by atoms with Gasteiger partial charge in [-0.05, 0) is 25.0 Å². The average Bonchev–Trinajstić information content (AvgIpc) is 2.90. The molecule has 0 atom stereocenters. The molecule has 3 rings (SSSR count). The first-order valence-corrected chi connectivity index (χ1v) is 8.70. The van der Waals surface area contributed by atoms with Gasteiger partial charge in [0, 0.05) is 24.0 Å². The second-order valence-corrected chi connectivity index (χ2v) is 6.33. The molecular weight excluding hydrogens is 316 g/mol. The van der Waals surface area contributed by atoms with E-state index in [-0.39, 0.29) is 12.3 Å². The van der Waals surface area contributed by atoms with Crippen LogP contribution in [0.1, 0.15) is 43.0 Å². The predicted octanol–water partition coefficient (Wildman–Crippen LogP) is 2.45. The van der Waals surface area contributed by atoms with Gasteiger partial charge in [0.05, 0.1) is 13.0 Å². The maximum absolute atomic E-state index is 12.4. The smallest absolute Gasteiger partial charge is 0.233 e. The van der Waals surface area contributed by atoms with Gasteiger partial charge in [-0.25, -0.2) is 0 Å². The number of hydrogen-bond acceptors (Lipinski definition) is 6. The summed E-state index contributed by atoms with van der Waals surface area (Å²) < 4.78 is 0. The van der Waals surface area contributed by atoms with Crippen molar-refractivity contribution in [2.75, 3.05) is 22.5 Å². The van der Waals surface area contributed by atoms with Crippen molar-refractivity contribution < 1.29 is 4.79 Å². The summed E-state index contributed by atoms with van der Waals surface area (Å²) in [7, 11) is 0. The molecular formula is C18H24N6O. The minimum absolute atomic E-state index is 0.0142. The number of nitrogens with two attached hydrogens (primary N) is 1. The van der Waals surface area contributed by atoms with Crippen molar-refractivity contribution in [1.82, 2.24) is 15.0 Å². The molecule has 3 N–H and O–H groups in total. The quantitative estimate of drug-likeness (QED) is 0.752. The summed E-state index contributed by atoms with van der Waals surface area (Å²) in [5.41, 5.74) is 8.68. The Bertz CT molecular complexity index is 759. The van der Waals surface area contributed by atoms with Gasteiger partial charge in [0.1, 0.15) is 11.6 Å². The van der Waals surface area contributed by atoms with Crippen LogP contribution in [0, 0.1) is 6.92 Å². The molecule has 2 aromatic rings. The van der Waals surface area contributed by atoms with Crippen LogP contribution in [-0.4, -0.2) is 27.4 Å². The van der Waals surface area contributed by atoms with Crippen molar-refractivity contribution in [2.24, 2.45) is 0 Å². The Morgan fingerprint density at radius 1 is 1.28 bits per heavy atom. The van der Waals surface area contributed by atoms with Crippen LogP contribution >= 0.6 is 0 Å². The number of nitrogen functional groups attached to an aromatic ring is 1. The summed E-state index contributed by atoms with van der Waals surface area (Å²) in [5, 5.41) is 3.20. The van der Waals surface area contributed by atoms with E-state index in [0.29, 0.717) is 29.7 Å². The number of nitrogens with zero attached hydrogens (tertiary/aromatic N) is 4. The second kappa shape index (κ2) is 7.46. The lowest BCUT2D eigenvalue weighted by molar-refractivity contribution is -0.117. The lowest BCUT2D eigenvalue weighted by Gasteiger charge is -2.17. The van der Waals surface area contributed by atoms with E-state index < -0.39 is 0 Å². The van der Waals surface area contributed by atoms with Crippen LogP contribution in [0.25, 0.3) is 0 Å². The minimum Gasteiger partial charge on any atom is -0.383 e. The number of hydrogen-bond donors (Lipinski definition) is 2. The van der Waals surface area contributed by atoms with Gasteiger partial charge in [0.2, 0.25) is 11.9 Å². The largest absolute Gasteiger partial charge is 0.383 e. The Morgan fingerprint density at radius 2 is 2.12 bits per heavy atom. The van der Waals surface area contributed by atoms with Gasteiger partial charge >= 0.3 is 0 Å². The number of rotatable bonds is 7. The van der Waals surface area contributed by atoms with Crippen molar-refractivity contribution in [3.63, 3.8) is 0 Å². The summed E-state index contributed by atoms with van der Waals surface area (Å²) in [6.07, 6.45) is 5.39. The molecule has 0 unspecified atom stereocenters. The van der Waals surface area contributed by atoms with E-state index in [1.165, 1.54) is 0 Å². The number of aromatic nitrogens is 3. The highest BCUT2D eigenvalue weighted by molar-refractivity contribution is 6.01. The zero-order valence-corrected chi connectivity index (χ0v) is 14.7. The van der Waals surface area contributed by atoms with Gasteiger partial charge in [-0.1, -0.05) is 25.8 Å². The molecule has 7 nitrogen and oxygen atoms in total. The Morgan fingerprint density at radius 3 is 2.84 bits per heavy atom. The Kier molecular flexibility index (Phi) is 5.11. The maximum Gasteiger partial charge on any atom is 0.233 e. The molecule has 0 aliphatic carbocycles. The summed E-state index contributed by atoms with van der Waals surface area (Å²) in [4.78, 5) is 27.2. The van der Waals surface area contributed by atoms with Crippen molar-refractivity contribution in [3.8, 4) is 0 Å². The number of fused-ring (bicyclic) bond motifs is 1. The van der Waals surface area contributed by atoms with E-state index in [1.54, 1.807) is 11.1 Å². The molecule has 0 saturated carbocycles. The molecule has 0 spiro atoms. The highest BCUT2D eigenvalue weighted by Crippen LogP contribution is 2.32. The molecule has 0 saturated heterocycles. The van der Waals surface area contributed by atoms with Crippen LogP contribution in [0.3, 0.4) is 0 Å². The molecule has 0 radical (unpaired) electrons. The molecule has 132 valence electrons. The molecule has 7 heteroatoms. The third-order valence-corrected chi connectivity index (χ3v) is 4.28. The topological polar surface area (TPSA) is 97.0 Å². The number of amides is 1. The molecule has 0 aromatic carbocycles. The fraction of sp³-hybridized carbons (Fsp3) is 0.444. The molecule has 0 fully saturated rings. The van der Waals surface area contributed by atoms with Gasteiger partial charge in [0.25, 0.3) is 0 Å². The normalized spacial score (nSPS) is 13.2.